The number of rotatable bonds is 4. The lowest BCUT2D eigenvalue weighted by atomic mass is 10.1. The molecular formula is C13H15FN4OS. The highest BCUT2D eigenvalue weighted by atomic mass is 32.1. The molecule has 3 N–H and O–H groups in total. The van der Waals surface area contributed by atoms with Crippen molar-refractivity contribution in [3.8, 4) is 0 Å². The second-order valence-electron chi connectivity index (χ2n) is 4.37. The third-order valence-corrected chi connectivity index (χ3v) is 3.91. The predicted octanol–water partition coefficient (Wildman–Crippen LogP) is 2.32. The number of aryl methyl sites for hydroxylation is 1. The number of amidine groups is 1. The van der Waals surface area contributed by atoms with Crippen LogP contribution in [0.5, 0.6) is 0 Å². The molecule has 0 atom stereocenters. The Kier molecular flexibility index (Phi) is 4.19. The zero-order valence-corrected chi connectivity index (χ0v) is 12.0. The van der Waals surface area contributed by atoms with Crippen LogP contribution in [0.15, 0.2) is 28.9 Å². The average Bonchev–Trinajstić information content (AvgIpc) is 2.83. The SMILES string of the molecule is Cc1ncsc1CN(C)c1ccc(C(N)=NO)cc1F. The zero-order chi connectivity index (χ0) is 14.7. The highest BCUT2D eigenvalue weighted by Crippen LogP contribution is 2.23. The van der Waals surface area contributed by atoms with Crippen LogP contribution in [0.3, 0.4) is 0 Å². The van der Waals surface area contributed by atoms with E-state index in [1.54, 1.807) is 40.9 Å². The molecule has 2 aromatic rings. The van der Waals surface area contributed by atoms with Crippen molar-refractivity contribution in [2.75, 3.05) is 11.9 Å². The van der Waals surface area contributed by atoms with Crippen LogP contribution in [-0.2, 0) is 6.54 Å². The number of hydrogen-bond donors (Lipinski definition) is 2. The first kappa shape index (κ1) is 14.3. The minimum absolute atomic E-state index is 0.114. The number of halogens is 1. The van der Waals surface area contributed by atoms with E-state index in [4.69, 9.17) is 10.9 Å². The number of oxime groups is 1. The molecule has 0 fully saturated rings. The topological polar surface area (TPSA) is 74.7 Å². The number of nitrogens with zero attached hydrogens (tertiary/aromatic N) is 3. The molecular weight excluding hydrogens is 279 g/mol. The van der Waals surface area contributed by atoms with E-state index in [2.05, 4.69) is 10.1 Å². The monoisotopic (exact) mass is 294 g/mol. The van der Waals surface area contributed by atoms with Gasteiger partial charge in [0.2, 0.25) is 0 Å². The fourth-order valence-electron chi connectivity index (χ4n) is 1.81. The molecule has 0 aliphatic carbocycles. The van der Waals surface area contributed by atoms with Crippen LogP contribution in [0, 0.1) is 12.7 Å². The molecule has 0 aliphatic rings. The van der Waals surface area contributed by atoms with Gasteiger partial charge in [0.25, 0.3) is 0 Å². The minimum Gasteiger partial charge on any atom is -0.409 e. The average molecular weight is 294 g/mol. The van der Waals surface area contributed by atoms with Gasteiger partial charge in [0, 0.05) is 17.5 Å². The van der Waals surface area contributed by atoms with Crippen molar-refractivity contribution >= 4 is 22.9 Å². The van der Waals surface area contributed by atoms with Crippen molar-refractivity contribution in [2.24, 2.45) is 10.9 Å². The smallest absolute Gasteiger partial charge is 0.170 e. The second-order valence-corrected chi connectivity index (χ2v) is 5.31. The summed E-state index contributed by atoms with van der Waals surface area (Å²) in [7, 11) is 1.81. The Morgan fingerprint density at radius 2 is 2.30 bits per heavy atom. The maximum Gasteiger partial charge on any atom is 0.170 e. The Balaban J connectivity index is 2.22. The van der Waals surface area contributed by atoms with Gasteiger partial charge in [0.05, 0.1) is 23.4 Å². The van der Waals surface area contributed by atoms with Gasteiger partial charge in [-0.2, -0.15) is 0 Å². The van der Waals surface area contributed by atoms with Crippen LogP contribution >= 0.6 is 11.3 Å². The number of thiazole rings is 1. The summed E-state index contributed by atoms with van der Waals surface area (Å²) in [5.74, 6) is -0.532. The van der Waals surface area contributed by atoms with Crippen LogP contribution in [-0.4, -0.2) is 23.1 Å². The summed E-state index contributed by atoms with van der Waals surface area (Å²) >= 11 is 1.54. The quantitative estimate of drug-likeness (QED) is 0.393. The summed E-state index contributed by atoms with van der Waals surface area (Å²) in [6.07, 6.45) is 0. The van der Waals surface area contributed by atoms with Crippen molar-refractivity contribution in [3.63, 3.8) is 0 Å². The summed E-state index contributed by atoms with van der Waals surface area (Å²) in [6, 6.07) is 4.48. The molecule has 0 radical (unpaired) electrons. The van der Waals surface area contributed by atoms with E-state index in [-0.39, 0.29) is 5.84 Å². The Morgan fingerprint density at radius 1 is 1.55 bits per heavy atom. The van der Waals surface area contributed by atoms with Gasteiger partial charge in [-0.05, 0) is 25.1 Å². The number of anilines is 1. The van der Waals surface area contributed by atoms with Crippen molar-refractivity contribution in [2.45, 2.75) is 13.5 Å². The molecule has 5 nitrogen and oxygen atoms in total. The van der Waals surface area contributed by atoms with Crippen molar-refractivity contribution in [1.29, 1.82) is 0 Å². The summed E-state index contributed by atoms with van der Waals surface area (Å²) in [5, 5.41) is 11.4. The Hall–Kier alpha value is -2.15. The highest BCUT2D eigenvalue weighted by molar-refractivity contribution is 7.09. The summed E-state index contributed by atoms with van der Waals surface area (Å²) in [4.78, 5) is 7.06. The van der Waals surface area contributed by atoms with Gasteiger partial charge in [-0.3, -0.25) is 0 Å². The van der Waals surface area contributed by atoms with E-state index in [1.165, 1.54) is 6.07 Å². The van der Waals surface area contributed by atoms with E-state index < -0.39 is 5.82 Å². The van der Waals surface area contributed by atoms with Crippen LogP contribution < -0.4 is 10.6 Å². The maximum absolute atomic E-state index is 14.1. The van der Waals surface area contributed by atoms with Crippen LogP contribution in [0.25, 0.3) is 0 Å². The molecule has 1 aromatic heterocycles. The molecule has 2 rings (SSSR count). The lowest BCUT2D eigenvalue weighted by molar-refractivity contribution is 0.318. The Labute approximate surface area is 120 Å². The summed E-state index contributed by atoms with van der Waals surface area (Å²) < 4.78 is 14.1. The van der Waals surface area contributed by atoms with E-state index in [0.29, 0.717) is 17.8 Å². The first-order valence-corrected chi connectivity index (χ1v) is 6.78. The number of aromatic nitrogens is 1. The zero-order valence-electron chi connectivity index (χ0n) is 11.2. The molecule has 0 saturated carbocycles. The van der Waals surface area contributed by atoms with Gasteiger partial charge < -0.3 is 15.8 Å². The maximum atomic E-state index is 14.1. The lowest BCUT2D eigenvalue weighted by Crippen LogP contribution is -2.19. The van der Waals surface area contributed by atoms with Gasteiger partial charge in [0.15, 0.2) is 5.84 Å². The van der Waals surface area contributed by atoms with Gasteiger partial charge in [-0.15, -0.1) is 11.3 Å². The lowest BCUT2D eigenvalue weighted by Gasteiger charge is -2.19. The fraction of sp³-hybridized carbons (Fsp3) is 0.231. The van der Waals surface area contributed by atoms with Gasteiger partial charge in [0.1, 0.15) is 5.82 Å². The van der Waals surface area contributed by atoms with E-state index in [1.807, 2.05) is 6.92 Å². The molecule has 20 heavy (non-hydrogen) atoms. The van der Waals surface area contributed by atoms with Crippen molar-refractivity contribution in [3.05, 3.63) is 45.7 Å². The standard InChI is InChI=1S/C13H15FN4OS/c1-8-12(20-7-16-8)6-18(2)11-4-3-9(5-10(11)14)13(15)17-19/h3-5,7,19H,6H2,1-2H3,(H2,15,17). The third kappa shape index (κ3) is 2.88. The molecule has 0 unspecified atom stereocenters. The van der Waals surface area contributed by atoms with Gasteiger partial charge in [-0.25, -0.2) is 9.37 Å². The summed E-state index contributed by atoms with van der Waals surface area (Å²) in [5.41, 5.74) is 8.96. The number of benzene rings is 1. The molecule has 0 amide bonds. The first-order valence-electron chi connectivity index (χ1n) is 5.90. The van der Waals surface area contributed by atoms with Crippen molar-refractivity contribution in [1.82, 2.24) is 4.98 Å². The first-order chi connectivity index (χ1) is 9.52. The normalized spacial score (nSPS) is 11.7. The van der Waals surface area contributed by atoms with E-state index in [0.717, 1.165) is 10.6 Å². The van der Waals surface area contributed by atoms with E-state index in [9.17, 15) is 4.39 Å². The molecule has 0 saturated heterocycles. The third-order valence-electron chi connectivity index (χ3n) is 2.99. The molecule has 1 heterocycles. The van der Waals surface area contributed by atoms with Crippen LogP contribution in [0.1, 0.15) is 16.1 Å². The van der Waals surface area contributed by atoms with E-state index >= 15 is 0 Å². The largest absolute Gasteiger partial charge is 0.409 e. The molecule has 1 aromatic carbocycles. The second kappa shape index (κ2) is 5.87. The highest BCUT2D eigenvalue weighted by Gasteiger charge is 2.12. The Bertz CT molecular complexity index is 641. The van der Waals surface area contributed by atoms with Crippen molar-refractivity contribution < 1.29 is 9.60 Å². The Morgan fingerprint density at radius 3 is 2.85 bits per heavy atom. The molecule has 106 valence electrons. The number of nitrogens with two attached hydrogens (primary N) is 1. The van der Waals surface area contributed by atoms with Gasteiger partial charge in [-0.1, -0.05) is 5.16 Å². The van der Waals surface area contributed by atoms with Crippen LogP contribution in [0.4, 0.5) is 10.1 Å². The molecule has 0 spiro atoms. The molecule has 0 bridgehead atoms. The molecule has 7 heteroatoms. The van der Waals surface area contributed by atoms with Gasteiger partial charge >= 0.3 is 0 Å². The predicted molar refractivity (Wildman–Crippen MR) is 77.9 cm³/mol. The number of hydrogen-bond acceptors (Lipinski definition) is 5. The van der Waals surface area contributed by atoms with Crippen LogP contribution in [0.2, 0.25) is 0 Å². The summed E-state index contributed by atoms with van der Waals surface area (Å²) in [6.45, 7) is 2.51. The molecule has 0 aliphatic heterocycles. The fourth-order valence-corrected chi connectivity index (χ4v) is 2.64. The minimum atomic E-state index is -0.418.